The lowest BCUT2D eigenvalue weighted by Crippen LogP contribution is -2.17. The lowest BCUT2D eigenvalue weighted by Gasteiger charge is -2.15. The van der Waals surface area contributed by atoms with E-state index in [9.17, 15) is 4.79 Å². The van der Waals surface area contributed by atoms with Crippen LogP contribution < -0.4 is 0 Å². The van der Waals surface area contributed by atoms with Gasteiger partial charge in [-0.1, -0.05) is 23.2 Å². The van der Waals surface area contributed by atoms with Gasteiger partial charge in [-0.2, -0.15) is 0 Å². The Kier molecular flexibility index (Phi) is 3.97. The first-order chi connectivity index (χ1) is 8.91. The molecule has 2 rings (SSSR count). The largest absolute Gasteiger partial charge is 0.324 e. The maximum atomic E-state index is 12.5. The van der Waals surface area contributed by atoms with Crippen molar-refractivity contribution in [3.8, 4) is 0 Å². The van der Waals surface area contributed by atoms with Crippen LogP contribution in [0.25, 0.3) is 0 Å². The Morgan fingerprint density at radius 3 is 2.53 bits per heavy atom. The number of halogens is 2. The first kappa shape index (κ1) is 14.1. The number of imidazole rings is 1. The quantitative estimate of drug-likeness (QED) is 0.794. The van der Waals surface area contributed by atoms with E-state index in [1.54, 1.807) is 24.5 Å². The minimum Gasteiger partial charge on any atom is -0.324 e. The van der Waals surface area contributed by atoms with Gasteiger partial charge in [-0.3, -0.25) is 4.79 Å². The number of hydrogen-bond acceptors (Lipinski definition) is 2. The molecule has 100 valence electrons. The molecular formula is C14H14Cl2N2O. The highest BCUT2D eigenvalue weighted by Crippen LogP contribution is 2.25. The van der Waals surface area contributed by atoms with Crippen LogP contribution in [0.2, 0.25) is 10.0 Å². The first-order valence-corrected chi connectivity index (χ1v) is 6.66. The summed E-state index contributed by atoms with van der Waals surface area (Å²) in [6.07, 6.45) is 1.68. The van der Waals surface area contributed by atoms with Crippen LogP contribution in [-0.4, -0.2) is 15.3 Å². The van der Waals surface area contributed by atoms with E-state index >= 15 is 0 Å². The summed E-state index contributed by atoms with van der Waals surface area (Å²) in [5.74, 6) is -0.0535. The summed E-state index contributed by atoms with van der Waals surface area (Å²) in [4.78, 5) is 16.7. The van der Waals surface area contributed by atoms with E-state index in [0.29, 0.717) is 15.6 Å². The lowest BCUT2D eigenvalue weighted by molar-refractivity contribution is 0.0934. The third-order valence-electron chi connectivity index (χ3n) is 3.28. The molecule has 19 heavy (non-hydrogen) atoms. The van der Waals surface area contributed by atoms with Crippen molar-refractivity contribution in [2.75, 3.05) is 0 Å². The fraction of sp³-hybridized carbons (Fsp3) is 0.286. The number of benzene rings is 1. The predicted octanol–water partition coefficient (Wildman–Crippen LogP) is 4.25. The lowest BCUT2D eigenvalue weighted by atomic mass is 10.1. The second-order valence-corrected chi connectivity index (χ2v) is 5.33. The SMILES string of the molecule is Cc1ncn(C(C)C(=O)c2ccc(Cl)cc2Cl)c1C. The molecule has 1 atom stereocenters. The topological polar surface area (TPSA) is 34.9 Å². The molecule has 0 spiro atoms. The smallest absolute Gasteiger partial charge is 0.186 e. The Labute approximate surface area is 122 Å². The van der Waals surface area contributed by atoms with E-state index in [0.717, 1.165) is 11.4 Å². The zero-order valence-corrected chi connectivity index (χ0v) is 12.5. The van der Waals surface area contributed by atoms with Gasteiger partial charge in [-0.25, -0.2) is 4.98 Å². The van der Waals surface area contributed by atoms with Crippen LogP contribution >= 0.6 is 23.2 Å². The van der Waals surface area contributed by atoms with Gasteiger partial charge >= 0.3 is 0 Å². The van der Waals surface area contributed by atoms with Crippen molar-refractivity contribution < 1.29 is 4.79 Å². The Hall–Kier alpha value is -1.32. The Balaban J connectivity index is 2.36. The molecule has 1 aromatic carbocycles. The van der Waals surface area contributed by atoms with Crippen LogP contribution in [0.4, 0.5) is 0 Å². The molecule has 0 bridgehead atoms. The summed E-state index contributed by atoms with van der Waals surface area (Å²) >= 11 is 11.9. The van der Waals surface area contributed by atoms with Crippen LogP contribution in [0, 0.1) is 13.8 Å². The van der Waals surface area contributed by atoms with Gasteiger partial charge < -0.3 is 4.57 Å². The molecule has 0 fully saturated rings. The standard InChI is InChI=1S/C14H14Cl2N2O/c1-8-9(2)18(7-17-8)10(3)14(19)12-5-4-11(15)6-13(12)16/h4-7,10H,1-3H3. The number of carbonyl (C=O) groups excluding carboxylic acids is 1. The number of Topliss-reactive ketones (excluding diaryl/α,β-unsaturated/α-hetero) is 1. The molecular weight excluding hydrogens is 283 g/mol. The number of nitrogens with zero attached hydrogens (tertiary/aromatic N) is 2. The van der Waals surface area contributed by atoms with E-state index in [4.69, 9.17) is 23.2 Å². The van der Waals surface area contributed by atoms with Crippen LogP contribution in [0.5, 0.6) is 0 Å². The monoisotopic (exact) mass is 296 g/mol. The molecule has 1 heterocycles. The van der Waals surface area contributed by atoms with Crippen LogP contribution in [0.15, 0.2) is 24.5 Å². The molecule has 0 aliphatic heterocycles. The predicted molar refractivity (Wildman–Crippen MR) is 77.2 cm³/mol. The molecule has 5 heteroatoms. The Morgan fingerprint density at radius 1 is 1.32 bits per heavy atom. The molecule has 2 aromatic rings. The number of aromatic nitrogens is 2. The zero-order valence-electron chi connectivity index (χ0n) is 10.9. The fourth-order valence-corrected chi connectivity index (χ4v) is 2.45. The summed E-state index contributed by atoms with van der Waals surface area (Å²) in [5.41, 5.74) is 2.37. The highest BCUT2D eigenvalue weighted by molar-refractivity contribution is 6.36. The zero-order chi connectivity index (χ0) is 14.2. The summed E-state index contributed by atoms with van der Waals surface area (Å²) in [5, 5.41) is 0.891. The number of carbonyl (C=O) groups is 1. The second-order valence-electron chi connectivity index (χ2n) is 4.49. The minimum absolute atomic E-state index is 0.0535. The summed E-state index contributed by atoms with van der Waals surface area (Å²) < 4.78 is 1.85. The molecule has 0 aliphatic carbocycles. The van der Waals surface area contributed by atoms with Gasteiger partial charge in [0.05, 0.1) is 23.1 Å². The third kappa shape index (κ3) is 2.67. The van der Waals surface area contributed by atoms with Gasteiger partial charge in [0, 0.05) is 16.3 Å². The highest BCUT2D eigenvalue weighted by atomic mass is 35.5. The van der Waals surface area contributed by atoms with E-state index in [1.165, 1.54) is 0 Å². The molecule has 1 aromatic heterocycles. The van der Waals surface area contributed by atoms with Crippen LogP contribution in [-0.2, 0) is 0 Å². The molecule has 0 radical (unpaired) electrons. The Morgan fingerprint density at radius 2 is 2.00 bits per heavy atom. The number of hydrogen-bond donors (Lipinski definition) is 0. The molecule has 0 saturated carbocycles. The van der Waals surface area contributed by atoms with Crippen molar-refractivity contribution in [3.05, 3.63) is 51.5 Å². The van der Waals surface area contributed by atoms with Gasteiger partial charge in [0.2, 0.25) is 0 Å². The summed E-state index contributed by atoms with van der Waals surface area (Å²) in [7, 11) is 0. The van der Waals surface area contributed by atoms with Crippen molar-refractivity contribution in [2.45, 2.75) is 26.8 Å². The average molecular weight is 297 g/mol. The van der Waals surface area contributed by atoms with Crippen molar-refractivity contribution in [1.29, 1.82) is 0 Å². The average Bonchev–Trinajstić information content (AvgIpc) is 2.68. The number of aryl methyl sites for hydroxylation is 1. The highest BCUT2D eigenvalue weighted by Gasteiger charge is 2.21. The van der Waals surface area contributed by atoms with Crippen LogP contribution in [0.3, 0.4) is 0 Å². The maximum absolute atomic E-state index is 12.5. The van der Waals surface area contributed by atoms with E-state index in [2.05, 4.69) is 4.98 Å². The maximum Gasteiger partial charge on any atom is 0.186 e. The van der Waals surface area contributed by atoms with Crippen molar-refractivity contribution in [3.63, 3.8) is 0 Å². The van der Waals surface area contributed by atoms with Gasteiger partial charge in [0.15, 0.2) is 5.78 Å². The molecule has 0 amide bonds. The van der Waals surface area contributed by atoms with Crippen LogP contribution in [0.1, 0.15) is 34.7 Å². The van der Waals surface area contributed by atoms with Gasteiger partial charge in [0.25, 0.3) is 0 Å². The minimum atomic E-state index is -0.347. The molecule has 0 N–H and O–H groups in total. The van der Waals surface area contributed by atoms with Gasteiger partial charge in [0.1, 0.15) is 0 Å². The van der Waals surface area contributed by atoms with Crippen molar-refractivity contribution in [2.24, 2.45) is 0 Å². The molecule has 0 saturated heterocycles. The number of rotatable bonds is 3. The van der Waals surface area contributed by atoms with E-state index in [-0.39, 0.29) is 11.8 Å². The second kappa shape index (κ2) is 5.35. The van der Waals surface area contributed by atoms with Crippen molar-refractivity contribution in [1.82, 2.24) is 9.55 Å². The molecule has 3 nitrogen and oxygen atoms in total. The van der Waals surface area contributed by atoms with Crippen molar-refractivity contribution >= 4 is 29.0 Å². The van der Waals surface area contributed by atoms with E-state index < -0.39 is 0 Å². The molecule has 0 aliphatic rings. The normalized spacial score (nSPS) is 12.5. The third-order valence-corrected chi connectivity index (χ3v) is 3.83. The summed E-state index contributed by atoms with van der Waals surface area (Å²) in [6.45, 7) is 5.69. The summed E-state index contributed by atoms with van der Waals surface area (Å²) in [6, 6.07) is 4.55. The van der Waals surface area contributed by atoms with Gasteiger partial charge in [-0.05, 0) is 39.0 Å². The van der Waals surface area contributed by atoms with E-state index in [1.807, 2.05) is 25.3 Å². The first-order valence-electron chi connectivity index (χ1n) is 5.91. The van der Waals surface area contributed by atoms with Gasteiger partial charge in [-0.15, -0.1) is 0 Å². The Bertz CT molecular complexity index is 634. The number of ketones is 1. The molecule has 1 unspecified atom stereocenters. The fourth-order valence-electron chi connectivity index (χ4n) is 1.95.